The average molecular weight is 339 g/mol. The van der Waals surface area contributed by atoms with E-state index in [2.05, 4.69) is 48.0 Å². The standard InChI is InChI=1S/C19H18FN3S/c1-3-11-23-18(16-7-9-17(20)10-8-16)21-22-19(23)24-13-15-6-4-5-14(2)12-15/h3-10,12H,1,11,13H2,2H3. The molecule has 3 nitrogen and oxygen atoms in total. The SMILES string of the molecule is C=CCn1c(SCc2cccc(C)c2)nnc1-c1ccc(F)cc1. The van der Waals surface area contributed by atoms with Gasteiger partial charge in [0.2, 0.25) is 0 Å². The normalized spacial score (nSPS) is 10.8. The second-order valence-electron chi connectivity index (χ2n) is 5.49. The Balaban J connectivity index is 1.85. The van der Waals surface area contributed by atoms with Crippen LogP contribution in [-0.2, 0) is 12.3 Å². The molecule has 122 valence electrons. The van der Waals surface area contributed by atoms with Crippen molar-refractivity contribution in [2.75, 3.05) is 0 Å². The maximum absolute atomic E-state index is 13.1. The molecule has 5 heteroatoms. The first-order chi connectivity index (χ1) is 11.7. The Kier molecular flexibility index (Phi) is 5.11. The van der Waals surface area contributed by atoms with Crippen molar-refractivity contribution >= 4 is 11.8 Å². The quantitative estimate of drug-likeness (QED) is 0.474. The molecular weight excluding hydrogens is 321 g/mol. The molecule has 1 aromatic heterocycles. The molecule has 0 bridgehead atoms. The molecule has 0 amide bonds. The summed E-state index contributed by atoms with van der Waals surface area (Å²) in [5, 5.41) is 9.42. The lowest BCUT2D eigenvalue weighted by Gasteiger charge is -2.08. The van der Waals surface area contributed by atoms with Crippen LogP contribution >= 0.6 is 11.8 Å². The molecule has 1 heterocycles. The van der Waals surface area contributed by atoms with Crippen LogP contribution in [0.1, 0.15) is 11.1 Å². The first-order valence-corrected chi connectivity index (χ1v) is 8.64. The number of aryl methyl sites for hydroxylation is 1. The summed E-state index contributed by atoms with van der Waals surface area (Å²) >= 11 is 1.63. The number of nitrogens with zero attached hydrogens (tertiary/aromatic N) is 3. The van der Waals surface area contributed by atoms with Crippen molar-refractivity contribution in [3.63, 3.8) is 0 Å². The zero-order valence-corrected chi connectivity index (χ0v) is 14.3. The second-order valence-corrected chi connectivity index (χ2v) is 6.43. The number of allylic oxidation sites excluding steroid dienone is 1. The van der Waals surface area contributed by atoms with E-state index in [1.54, 1.807) is 23.9 Å². The smallest absolute Gasteiger partial charge is 0.192 e. The van der Waals surface area contributed by atoms with Gasteiger partial charge in [0, 0.05) is 17.9 Å². The Bertz CT molecular complexity index is 840. The van der Waals surface area contributed by atoms with Gasteiger partial charge in [-0.15, -0.1) is 16.8 Å². The zero-order chi connectivity index (χ0) is 16.9. The van der Waals surface area contributed by atoms with Gasteiger partial charge in [0.15, 0.2) is 11.0 Å². The predicted octanol–water partition coefficient (Wildman–Crippen LogP) is 4.87. The van der Waals surface area contributed by atoms with Crippen LogP contribution in [-0.4, -0.2) is 14.8 Å². The van der Waals surface area contributed by atoms with Gasteiger partial charge in [-0.2, -0.15) is 0 Å². The van der Waals surface area contributed by atoms with Crippen LogP contribution in [0.15, 0.2) is 66.3 Å². The maximum Gasteiger partial charge on any atom is 0.192 e. The Morgan fingerprint density at radius 2 is 1.96 bits per heavy atom. The van der Waals surface area contributed by atoms with Gasteiger partial charge >= 0.3 is 0 Å². The number of benzene rings is 2. The molecular formula is C19H18FN3S. The van der Waals surface area contributed by atoms with Crippen molar-refractivity contribution in [3.8, 4) is 11.4 Å². The van der Waals surface area contributed by atoms with Gasteiger partial charge in [0.05, 0.1) is 0 Å². The van der Waals surface area contributed by atoms with Crippen molar-refractivity contribution in [2.24, 2.45) is 0 Å². The third-order valence-corrected chi connectivity index (χ3v) is 4.62. The average Bonchev–Trinajstić information content (AvgIpc) is 2.97. The summed E-state index contributed by atoms with van der Waals surface area (Å²) < 4.78 is 15.1. The van der Waals surface area contributed by atoms with Crippen LogP contribution in [0, 0.1) is 12.7 Å². The number of hydrogen-bond donors (Lipinski definition) is 0. The molecule has 3 aromatic rings. The van der Waals surface area contributed by atoms with Gasteiger partial charge in [-0.05, 0) is 36.8 Å². The highest BCUT2D eigenvalue weighted by Gasteiger charge is 2.13. The molecule has 0 aliphatic carbocycles. The van der Waals surface area contributed by atoms with Gasteiger partial charge in [-0.3, -0.25) is 4.57 Å². The minimum atomic E-state index is -0.261. The van der Waals surface area contributed by atoms with E-state index in [-0.39, 0.29) is 5.82 Å². The van der Waals surface area contributed by atoms with Gasteiger partial charge in [0.25, 0.3) is 0 Å². The maximum atomic E-state index is 13.1. The lowest BCUT2D eigenvalue weighted by atomic mass is 10.2. The lowest BCUT2D eigenvalue weighted by Crippen LogP contribution is -2.00. The molecule has 0 saturated heterocycles. The minimum absolute atomic E-state index is 0.261. The largest absolute Gasteiger partial charge is 0.298 e. The Morgan fingerprint density at radius 1 is 1.17 bits per heavy atom. The van der Waals surface area contributed by atoms with Crippen molar-refractivity contribution in [1.29, 1.82) is 0 Å². The molecule has 0 radical (unpaired) electrons. The highest BCUT2D eigenvalue weighted by molar-refractivity contribution is 7.98. The van der Waals surface area contributed by atoms with E-state index in [4.69, 9.17) is 0 Å². The monoisotopic (exact) mass is 339 g/mol. The molecule has 3 rings (SSSR count). The highest BCUT2D eigenvalue weighted by atomic mass is 32.2. The van der Waals surface area contributed by atoms with Crippen LogP contribution in [0.25, 0.3) is 11.4 Å². The van der Waals surface area contributed by atoms with Crippen LogP contribution in [0.3, 0.4) is 0 Å². The fraction of sp³-hybridized carbons (Fsp3) is 0.158. The number of thioether (sulfide) groups is 1. The molecule has 0 atom stereocenters. The van der Waals surface area contributed by atoms with Gasteiger partial charge in [0.1, 0.15) is 5.82 Å². The van der Waals surface area contributed by atoms with E-state index in [9.17, 15) is 4.39 Å². The van der Waals surface area contributed by atoms with Crippen molar-refractivity contribution in [2.45, 2.75) is 24.4 Å². The van der Waals surface area contributed by atoms with E-state index in [0.717, 1.165) is 22.3 Å². The number of aromatic nitrogens is 3. The summed E-state index contributed by atoms with van der Waals surface area (Å²) in [6.07, 6.45) is 1.81. The first kappa shape index (κ1) is 16.5. The topological polar surface area (TPSA) is 30.7 Å². The summed E-state index contributed by atoms with van der Waals surface area (Å²) in [5.41, 5.74) is 3.33. The predicted molar refractivity (Wildman–Crippen MR) is 96.4 cm³/mol. The number of rotatable bonds is 6. The number of halogens is 1. The molecule has 0 aliphatic heterocycles. The van der Waals surface area contributed by atoms with Gasteiger partial charge < -0.3 is 0 Å². The van der Waals surface area contributed by atoms with E-state index in [1.807, 2.05) is 10.6 Å². The molecule has 0 N–H and O–H groups in total. The molecule has 0 spiro atoms. The molecule has 0 aliphatic rings. The van der Waals surface area contributed by atoms with Gasteiger partial charge in [-0.1, -0.05) is 47.7 Å². The first-order valence-electron chi connectivity index (χ1n) is 7.66. The van der Waals surface area contributed by atoms with E-state index < -0.39 is 0 Å². The van der Waals surface area contributed by atoms with Crippen LogP contribution in [0.5, 0.6) is 0 Å². The zero-order valence-electron chi connectivity index (χ0n) is 13.4. The molecule has 24 heavy (non-hydrogen) atoms. The second kappa shape index (κ2) is 7.45. The number of hydrogen-bond acceptors (Lipinski definition) is 3. The summed E-state index contributed by atoms with van der Waals surface area (Å²) in [6.45, 7) is 6.50. The molecule has 0 fully saturated rings. The van der Waals surface area contributed by atoms with Crippen LogP contribution in [0.2, 0.25) is 0 Å². The Morgan fingerprint density at radius 3 is 2.67 bits per heavy atom. The Hall–Kier alpha value is -2.40. The molecule has 2 aromatic carbocycles. The van der Waals surface area contributed by atoms with E-state index >= 15 is 0 Å². The third-order valence-electron chi connectivity index (χ3n) is 3.58. The Labute approximate surface area is 145 Å². The summed E-state index contributed by atoms with van der Waals surface area (Å²) in [5.74, 6) is 1.28. The van der Waals surface area contributed by atoms with Gasteiger partial charge in [-0.25, -0.2) is 4.39 Å². The summed E-state index contributed by atoms with van der Waals surface area (Å²) in [4.78, 5) is 0. The lowest BCUT2D eigenvalue weighted by molar-refractivity contribution is 0.628. The summed E-state index contributed by atoms with van der Waals surface area (Å²) in [6, 6.07) is 14.7. The molecule has 0 unspecified atom stereocenters. The summed E-state index contributed by atoms with van der Waals surface area (Å²) in [7, 11) is 0. The van der Waals surface area contributed by atoms with Crippen molar-refractivity contribution in [3.05, 3.63) is 78.1 Å². The van der Waals surface area contributed by atoms with Crippen LogP contribution in [0.4, 0.5) is 4.39 Å². The minimum Gasteiger partial charge on any atom is -0.298 e. The fourth-order valence-corrected chi connectivity index (χ4v) is 3.34. The van der Waals surface area contributed by atoms with Crippen LogP contribution < -0.4 is 0 Å². The van der Waals surface area contributed by atoms with E-state index in [1.165, 1.54) is 23.3 Å². The third kappa shape index (κ3) is 3.74. The van der Waals surface area contributed by atoms with Crippen molar-refractivity contribution < 1.29 is 4.39 Å². The molecule has 0 saturated carbocycles. The van der Waals surface area contributed by atoms with Crippen molar-refractivity contribution in [1.82, 2.24) is 14.8 Å². The van der Waals surface area contributed by atoms with E-state index in [0.29, 0.717) is 6.54 Å². The highest BCUT2D eigenvalue weighted by Crippen LogP contribution is 2.26. The fourth-order valence-electron chi connectivity index (χ4n) is 2.45.